The third-order valence-corrected chi connectivity index (χ3v) is 2.96. The summed E-state index contributed by atoms with van der Waals surface area (Å²) < 4.78 is 0. The molecule has 0 bridgehead atoms. The zero-order chi connectivity index (χ0) is 11.4. The van der Waals surface area contributed by atoms with E-state index in [1.54, 1.807) is 0 Å². The van der Waals surface area contributed by atoms with E-state index in [0.29, 0.717) is 19.4 Å². The van der Waals surface area contributed by atoms with Gasteiger partial charge in [0, 0.05) is 25.3 Å². The smallest absolute Gasteiger partial charge is 0.226 e. The van der Waals surface area contributed by atoms with Crippen molar-refractivity contribution in [3.8, 4) is 0 Å². The van der Waals surface area contributed by atoms with Gasteiger partial charge in [-0.25, -0.2) is 0 Å². The van der Waals surface area contributed by atoms with Crippen molar-refractivity contribution in [3.63, 3.8) is 0 Å². The van der Waals surface area contributed by atoms with Gasteiger partial charge in [0.1, 0.15) is 0 Å². The maximum atomic E-state index is 11.9. The van der Waals surface area contributed by atoms with E-state index in [4.69, 9.17) is 5.11 Å². The fourth-order valence-electron chi connectivity index (χ4n) is 2.16. The molecule has 3 heteroatoms. The van der Waals surface area contributed by atoms with Gasteiger partial charge in [0.25, 0.3) is 0 Å². The predicted molar refractivity (Wildman–Crippen MR) is 63.4 cm³/mol. The molecule has 0 saturated heterocycles. The summed E-state index contributed by atoms with van der Waals surface area (Å²) in [6, 6.07) is 8.05. The van der Waals surface area contributed by atoms with Gasteiger partial charge in [0.15, 0.2) is 0 Å². The van der Waals surface area contributed by atoms with Crippen molar-refractivity contribution in [2.24, 2.45) is 0 Å². The summed E-state index contributed by atoms with van der Waals surface area (Å²) in [6.07, 6.45) is 3.14. The molecule has 86 valence electrons. The lowest BCUT2D eigenvalue weighted by Crippen LogP contribution is -2.31. The number of carbonyl (C=O) groups excluding carboxylic acids is 1. The first-order valence-electron chi connectivity index (χ1n) is 5.82. The summed E-state index contributed by atoms with van der Waals surface area (Å²) >= 11 is 0. The molecule has 1 aromatic rings. The van der Waals surface area contributed by atoms with E-state index in [0.717, 1.165) is 18.5 Å². The summed E-state index contributed by atoms with van der Waals surface area (Å²) in [5.74, 6) is 0.179. The van der Waals surface area contributed by atoms with Gasteiger partial charge in [0.05, 0.1) is 0 Å². The van der Waals surface area contributed by atoms with Crippen molar-refractivity contribution in [3.05, 3.63) is 29.8 Å². The van der Waals surface area contributed by atoms with E-state index in [9.17, 15) is 4.79 Å². The van der Waals surface area contributed by atoms with Gasteiger partial charge < -0.3 is 10.0 Å². The van der Waals surface area contributed by atoms with E-state index in [1.165, 1.54) is 5.56 Å². The number of rotatable bonds is 3. The maximum absolute atomic E-state index is 11.9. The Labute approximate surface area is 95.7 Å². The fourth-order valence-corrected chi connectivity index (χ4v) is 2.16. The van der Waals surface area contributed by atoms with Crippen LogP contribution >= 0.6 is 0 Å². The van der Waals surface area contributed by atoms with Crippen LogP contribution in [0.25, 0.3) is 0 Å². The number of carbonyl (C=O) groups is 1. The quantitative estimate of drug-likeness (QED) is 0.841. The summed E-state index contributed by atoms with van der Waals surface area (Å²) in [7, 11) is 0. The van der Waals surface area contributed by atoms with Crippen LogP contribution in [0.1, 0.15) is 24.8 Å². The van der Waals surface area contributed by atoms with Crippen molar-refractivity contribution in [2.45, 2.75) is 25.7 Å². The molecule has 1 aliphatic rings. The minimum atomic E-state index is 0.131. The number of aliphatic hydroxyl groups is 1. The zero-order valence-electron chi connectivity index (χ0n) is 9.35. The van der Waals surface area contributed by atoms with Gasteiger partial charge in [-0.15, -0.1) is 0 Å². The molecule has 1 aliphatic heterocycles. The average Bonchev–Trinajstić information content (AvgIpc) is 2.46. The van der Waals surface area contributed by atoms with Gasteiger partial charge in [-0.2, -0.15) is 0 Å². The van der Waals surface area contributed by atoms with Crippen LogP contribution in [0.2, 0.25) is 0 Å². The summed E-state index contributed by atoms with van der Waals surface area (Å²) in [6.45, 7) is 0.748. The van der Waals surface area contributed by atoms with Crippen molar-refractivity contribution in [2.75, 3.05) is 18.1 Å². The number of aliphatic hydroxyl groups excluding tert-OH is 1. The molecular weight excluding hydrogens is 202 g/mol. The Balaban J connectivity index is 2.28. The summed E-state index contributed by atoms with van der Waals surface area (Å²) in [5, 5.41) is 8.86. The molecule has 3 nitrogen and oxygen atoms in total. The van der Waals surface area contributed by atoms with E-state index >= 15 is 0 Å². The topological polar surface area (TPSA) is 40.5 Å². The van der Waals surface area contributed by atoms with Crippen LogP contribution in [0, 0.1) is 0 Å². The number of fused-ring (bicyclic) bond motifs is 1. The number of amides is 1. The molecule has 0 radical (unpaired) electrons. The molecule has 1 aromatic carbocycles. The Morgan fingerprint density at radius 1 is 1.25 bits per heavy atom. The molecule has 0 saturated carbocycles. The van der Waals surface area contributed by atoms with E-state index in [2.05, 4.69) is 6.07 Å². The van der Waals surface area contributed by atoms with Crippen LogP contribution in [-0.4, -0.2) is 24.2 Å². The molecule has 0 aromatic heterocycles. The second-order valence-corrected chi connectivity index (χ2v) is 4.10. The first-order chi connectivity index (χ1) is 7.83. The Morgan fingerprint density at radius 3 is 2.88 bits per heavy atom. The SMILES string of the molecule is O=C1CCCc2ccccc2N1CCCO. The molecular formula is C13H17NO2. The highest BCUT2D eigenvalue weighted by Gasteiger charge is 2.20. The highest BCUT2D eigenvalue weighted by atomic mass is 16.3. The lowest BCUT2D eigenvalue weighted by molar-refractivity contribution is -0.118. The van der Waals surface area contributed by atoms with Gasteiger partial charge in [-0.05, 0) is 30.9 Å². The molecule has 0 spiro atoms. The van der Waals surface area contributed by atoms with Crippen LogP contribution in [0.15, 0.2) is 24.3 Å². The van der Waals surface area contributed by atoms with Crippen LogP contribution < -0.4 is 4.90 Å². The Bertz CT molecular complexity index is 376. The molecule has 16 heavy (non-hydrogen) atoms. The third kappa shape index (κ3) is 2.25. The second kappa shape index (κ2) is 5.12. The van der Waals surface area contributed by atoms with Crippen LogP contribution in [0.3, 0.4) is 0 Å². The number of hydrogen-bond acceptors (Lipinski definition) is 2. The van der Waals surface area contributed by atoms with Crippen molar-refractivity contribution in [1.29, 1.82) is 0 Å². The molecule has 1 N–H and O–H groups in total. The van der Waals surface area contributed by atoms with Gasteiger partial charge >= 0.3 is 0 Å². The monoisotopic (exact) mass is 219 g/mol. The van der Waals surface area contributed by atoms with E-state index < -0.39 is 0 Å². The molecule has 0 aliphatic carbocycles. The maximum Gasteiger partial charge on any atom is 0.226 e. The number of benzene rings is 1. The first kappa shape index (κ1) is 11.1. The number of nitrogens with zero attached hydrogens (tertiary/aromatic N) is 1. The van der Waals surface area contributed by atoms with Gasteiger partial charge in [0.2, 0.25) is 5.91 Å². The second-order valence-electron chi connectivity index (χ2n) is 4.10. The van der Waals surface area contributed by atoms with E-state index in [1.807, 2.05) is 23.1 Å². The Kier molecular flexibility index (Phi) is 3.57. The summed E-state index contributed by atoms with van der Waals surface area (Å²) in [5.41, 5.74) is 2.27. The molecule has 0 atom stereocenters. The minimum absolute atomic E-state index is 0.131. The largest absolute Gasteiger partial charge is 0.396 e. The average molecular weight is 219 g/mol. The Hall–Kier alpha value is -1.35. The molecule has 0 fully saturated rings. The predicted octanol–water partition coefficient (Wildman–Crippen LogP) is 1.74. The standard InChI is InChI=1S/C13H17NO2/c15-10-4-9-14-12-7-2-1-5-11(12)6-3-8-13(14)16/h1-2,5,7,15H,3-4,6,8-10H2. The lowest BCUT2D eigenvalue weighted by atomic mass is 10.1. The van der Waals surface area contributed by atoms with Gasteiger partial charge in [-0.1, -0.05) is 18.2 Å². The van der Waals surface area contributed by atoms with Crippen molar-refractivity contribution < 1.29 is 9.90 Å². The van der Waals surface area contributed by atoms with Crippen LogP contribution in [-0.2, 0) is 11.2 Å². The first-order valence-corrected chi connectivity index (χ1v) is 5.82. The third-order valence-electron chi connectivity index (χ3n) is 2.96. The van der Waals surface area contributed by atoms with Crippen molar-refractivity contribution in [1.82, 2.24) is 0 Å². The van der Waals surface area contributed by atoms with Crippen molar-refractivity contribution >= 4 is 11.6 Å². The molecule has 1 amide bonds. The highest BCUT2D eigenvalue weighted by molar-refractivity contribution is 5.94. The van der Waals surface area contributed by atoms with Gasteiger partial charge in [-0.3, -0.25) is 4.79 Å². The highest BCUT2D eigenvalue weighted by Crippen LogP contribution is 2.26. The molecule has 0 unspecified atom stereocenters. The lowest BCUT2D eigenvalue weighted by Gasteiger charge is -2.22. The van der Waals surface area contributed by atoms with Crippen LogP contribution in [0.4, 0.5) is 5.69 Å². The number of para-hydroxylation sites is 1. The number of aryl methyl sites for hydroxylation is 1. The minimum Gasteiger partial charge on any atom is -0.396 e. The number of anilines is 1. The number of hydrogen-bond donors (Lipinski definition) is 1. The van der Waals surface area contributed by atoms with Crippen LogP contribution in [0.5, 0.6) is 0 Å². The zero-order valence-corrected chi connectivity index (χ0v) is 9.35. The Morgan fingerprint density at radius 2 is 2.06 bits per heavy atom. The molecule has 1 heterocycles. The summed E-state index contributed by atoms with van der Waals surface area (Å²) in [4.78, 5) is 13.7. The van der Waals surface area contributed by atoms with E-state index in [-0.39, 0.29) is 12.5 Å². The fraction of sp³-hybridized carbons (Fsp3) is 0.462. The molecule has 2 rings (SSSR count). The normalized spacial score (nSPS) is 15.8.